The van der Waals surface area contributed by atoms with Crippen molar-refractivity contribution in [1.82, 2.24) is 9.97 Å². The van der Waals surface area contributed by atoms with E-state index in [0.717, 1.165) is 21.7 Å². The Labute approximate surface area is 164 Å². The lowest BCUT2D eigenvalue weighted by atomic mass is 10.2. The fourth-order valence-corrected chi connectivity index (χ4v) is 4.30. The maximum absolute atomic E-state index is 12.8. The average molecular weight is 393 g/mol. The summed E-state index contributed by atoms with van der Waals surface area (Å²) in [7, 11) is 1.57. The normalized spacial score (nSPS) is 10.6. The molecule has 1 N–H and O–H groups in total. The minimum atomic E-state index is -0.230. The van der Waals surface area contributed by atoms with Gasteiger partial charge in [-0.2, -0.15) is 0 Å². The number of ether oxygens (including phenoxy) is 1. The minimum Gasteiger partial charge on any atom is -0.495 e. The standard InChI is InChI=1S/C20H15N3O2S2/c1-25-16-10-17(13-6-3-2-4-7-13)27-18(16)19(24)23-20-22-15(12-26-20)14-8-5-9-21-11-14/h2-12H,1H3,(H,22,23,24). The van der Waals surface area contributed by atoms with Crippen molar-refractivity contribution in [3.8, 4) is 27.4 Å². The number of carbonyl (C=O) groups excluding carboxylic acids is 1. The first-order valence-electron chi connectivity index (χ1n) is 8.15. The fourth-order valence-electron chi connectivity index (χ4n) is 2.56. The van der Waals surface area contributed by atoms with Crippen molar-refractivity contribution < 1.29 is 9.53 Å². The van der Waals surface area contributed by atoms with Crippen molar-refractivity contribution in [2.75, 3.05) is 12.4 Å². The van der Waals surface area contributed by atoms with E-state index >= 15 is 0 Å². The summed E-state index contributed by atoms with van der Waals surface area (Å²) in [5.41, 5.74) is 2.74. The van der Waals surface area contributed by atoms with Crippen molar-refractivity contribution in [3.63, 3.8) is 0 Å². The van der Waals surface area contributed by atoms with Crippen LogP contribution in [0.15, 0.2) is 66.3 Å². The number of nitrogens with zero attached hydrogens (tertiary/aromatic N) is 2. The van der Waals surface area contributed by atoms with E-state index in [0.29, 0.717) is 15.8 Å². The Morgan fingerprint density at radius 1 is 1.11 bits per heavy atom. The molecule has 0 atom stereocenters. The molecule has 1 amide bonds. The molecular formula is C20H15N3O2S2. The van der Waals surface area contributed by atoms with Crippen LogP contribution in [-0.2, 0) is 0 Å². The molecule has 1 aromatic carbocycles. The van der Waals surface area contributed by atoms with E-state index in [4.69, 9.17) is 4.74 Å². The van der Waals surface area contributed by atoms with Gasteiger partial charge in [-0.25, -0.2) is 4.98 Å². The van der Waals surface area contributed by atoms with Crippen LogP contribution < -0.4 is 10.1 Å². The third-order valence-electron chi connectivity index (χ3n) is 3.86. The molecule has 0 radical (unpaired) electrons. The van der Waals surface area contributed by atoms with E-state index < -0.39 is 0 Å². The maximum atomic E-state index is 12.8. The number of carbonyl (C=O) groups is 1. The Bertz CT molecular complexity index is 1060. The molecular weight excluding hydrogens is 378 g/mol. The topological polar surface area (TPSA) is 64.1 Å². The van der Waals surface area contributed by atoms with Gasteiger partial charge < -0.3 is 4.74 Å². The largest absolute Gasteiger partial charge is 0.495 e. The van der Waals surface area contributed by atoms with Crippen molar-refractivity contribution >= 4 is 33.7 Å². The number of thiophene rings is 1. The summed E-state index contributed by atoms with van der Waals surface area (Å²) in [5.74, 6) is 0.325. The van der Waals surface area contributed by atoms with Crippen molar-refractivity contribution in [1.29, 1.82) is 0 Å². The Hall–Kier alpha value is -3.03. The molecule has 0 aliphatic rings. The summed E-state index contributed by atoms with van der Waals surface area (Å²) in [6.07, 6.45) is 3.46. The Morgan fingerprint density at radius 2 is 1.93 bits per heavy atom. The number of methoxy groups -OCH3 is 1. The van der Waals surface area contributed by atoms with Gasteiger partial charge in [0.15, 0.2) is 5.13 Å². The molecule has 0 unspecified atom stereocenters. The lowest BCUT2D eigenvalue weighted by Crippen LogP contribution is -2.10. The summed E-state index contributed by atoms with van der Waals surface area (Å²) >= 11 is 2.77. The number of hydrogen-bond donors (Lipinski definition) is 1. The molecule has 7 heteroatoms. The molecule has 134 valence electrons. The highest BCUT2D eigenvalue weighted by atomic mass is 32.1. The molecule has 3 heterocycles. The van der Waals surface area contributed by atoms with Crippen LogP contribution in [0.4, 0.5) is 5.13 Å². The Morgan fingerprint density at radius 3 is 2.67 bits per heavy atom. The van der Waals surface area contributed by atoms with Crippen LogP contribution in [0.3, 0.4) is 0 Å². The molecule has 0 saturated heterocycles. The maximum Gasteiger partial charge on any atom is 0.271 e. The third kappa shape index (κ3) is 3.74. The van der Waals surface area contributed by atoms with E-state index in [1.54, 1.807) is 19.5 Å². The second-order valence-corrected chi connectivity index (χ2v) is 7.52. The second-order valence-electron chi connectivity index (χ2n) is 5.61. The highest BCUT2D eigenvalue weighted by Crippen LogP contribution is 2.37. The number of thiazole rings is 1. The molecule has 0 aliphatic carbocycles. The van der Waals surface area contributed by atoms with Gasteiger partial charge >= 0.3 is 0 Å². The number of nitrogens with one attached hydrogen (secondary N) is 1. The average Bonchev–Trinajstić information content (AvgIpc) is 3.36. The number of pyridine rings is 1. The van der Waals surface area contributed by atoms with E-state index in [-0.39, 0.29) is 5.91 Å². The Kier molecular flexibility index (Phi) is 4.95. The highest BCUT2D eigenvalue weighted by molar-refractivity contribution is 7.18. The molecule has 0 spiro atoms. The van der Waals surface area contributed by atoms with Gasteiger partial charge in [0.05, 0.1) is 12.8 Å². The molecule has 5 nitrogen and oxygen atoms in total. The second kappa shape index (κ2) is 7.69. The highest BCUT2D eigenvalue weighted by Gasteiger charge is 2.19. The van der Waals surface area contributed by atoms with Crippen LogP contribution in [0.2, 0.25) is 0 Å². The summed E-state index contributed by atoms with van der Waals surface area (Å²) in [4.78, 5) is 22.8. The van der Waals surface area contributed by atoms with Crippen molar-refractivity contribution in [2.24, 2.45) is 0 Å². The van der Waals surface area contributed by atoms with Crippen LogP contribution in [0.1, 0.15) is 9.67 Å². The van der Waals surface area contributed by atoms with E-state index in [2.05, 4.69) is 15.3 Å². The van der Waals surface area contributed by atoms with E-state index in [1.165, 1.54) is 22.7 Å². The van der Waals surface area contributed by atoms with Gasteiger partial charge in [0.1, 0.15) is 10.6 Å². The number of amides is 1. The predicted octanol–water partition coefficient (Wildman–Crippen LogP) is 5.19. The number of rotatable bonds is 5. The third-order valence-corrected chi connectivity index (χ3v) is 5.79. The monoisotopic (exact) mass is 393 g/mol. The summed E-state index contributed by atoms with van der Waals surface area (Å²) in [5, 5.41) is 5.30. The lowest BCUT2D eigenvalue weighted by Gasteiger charge is -2.02. The minimum absolute atomic E-state index is 0.230. The number of hydrogen-bond acceptors (Lipinski definition) is 6. The van der Waals surface area contributed by atoms with Crippen LogP contribution in [0, 0.1) is 0 Å². The molecule has 0 bridgehead atoms. The van der Waals surface area contributed by atoms with Crippen LogP contribution in [0.5, 0.6) is 5.75 Å². The van der Waals surface area contributed by atoms with Gasteiger partial charge in [0, 0.05) is 28.2 Å². The first kappa shape index (κ1) is 17.4. The van der Waals surface area contributed by atoms with Crippen molar-refractivity contribution in [3.05, 3.63) is 71.2 Å². The molecule has 0 aliphatic heterocycles. The van der Waals surface area contributed by atoms with Gasteiger partial charge in [-0.05, 0) is 23.8 Å². The first-order valence-corrected chi connectivity index (χ1v) is 9.85. The smallest absolute Gasteiger partial charge is 0.271 e. The number of benzene rings is 1. The Balaban J connectivity index is 1.57. The van der Waals surface area contributed by atoms with Gasteiger partial charge in [-0.15, -0.1) is 22.7 Å². The zero-order chi connectivity index (χ0) is 18.6. The van der Waals surface area contributed by atoms with E-state index in [1.807, 2.05) is 53.9 Å². The first-order chi connectivity index (χ1) is 13.2. The number of aromatic nitrogens is 2. The molecule has 0 fully saturated rings. The summed E-state index contributed by atoms with van der Waals surface area (Å²) in [6.45, 7) is 0. The molecule has 27 heavy (non-hydrogen) atoms. The number of anilines is 1. The van der Waals surface area contributed by atoms with Gasteiger partial charge in [-0.1, -0.05) is 30.3 Å². The predicted molar refractivity (Wildman–Crippen MR) is 110 cm³/mol. The molecule has 0 saturated carbocycles. The lowest BCUT2D eigenvalue weighted by molar-refractivity contribution is 0.102. The summed E-state index contributed by atoms with van der Waals surface area (Å²) in [6, 6.07) is 15.6. The van der Waals surface area contributed by atoms with Gasteiger partial charge in [-0.3, -0.25) is 15.1 Å². The van der Waals surface area contributed by atoms with Crippen LogP contribution in [0.25, 0.3) is 21.7 Å². The molecule has 3 aromatic heterocycles. The van der Waals surface area contributed by atoms with Gasteiger partial charge in [0.25, 0.3) is 5.91 Å². The van der Waals surface area contributed by atoms with Crippen LogP contribution >= 0.6 is 22.7 Å². The molecule has 4 aromatic rings. The fraction of sp³-hybridized carbons (Fsp3) is 0.0500. The quantitative estimate of drug-likeness (QED) is 0.506. The zero-order valence-electron chi connectivity index (χ0n) is 14.4. The zero-order valence-corrected chi connectivity index (χ0v) is 16.0. The SMILES string of the molecule is COc1cc(-c2ccccc2)sc1C(=O)Nc1nc(-c2cccnc2)cs1. The molecule has 4 rings (SSSR count). The van der Waals surface area contributed by atoms with Crippen molar-refractivity contribution in [2.45, 2.75) is 0 Å². The van der Waals surface area contributed by atoms with E-state index in [9.17, 15) is 4.79 Å². The summed E-state index contributed by atoms with van der Waals surface area (Å²) < 4.78 is 5.41. The van der Waals surface area contributed by atoms with Crippen LogP contribution in [-0.4, -0.2) is 23.0 Å². The van der Waals surface area contributed by atoms with Gasteiger partial charge in [0.2, 0.25) is 0 Å².